The van der Waals surface area contributed by atoms with E-state index >= 15 is 0 Å². The van der Waals surface area contributed by atoms with Crippen LogP contribution in [0, 0.1) is 5.92 Å². The monoisotopic (exact) mass is 174 g/mol. The number of rotatable bonds is 2. The maximum absolute atomic E-state index is 9.73. The van der Waals surface area contributed by atoms with Crippen LogP contribution in [0.4, 0.5) is 0 Å². The van der Waals surface area contributed by atoms with Gasteiger partial charge in [0.05, 0.1) is 24.4 Å². The molecule has 0 bridgehead atoms. The van der Waals surface area contributed by atoms with Crippen molar-refractivity contribution in [3.05, 3.63) is 0 Å². The van der Waals surface area contributed by atoms with Crippen molar-refractivity contribution in [2.45, 2.75) is 45.0 Å². The van der Waals surface area contributed by atoms with E-state index in [0.717, 1.165) is 0 Å². The van der Waals surface area contributed by atoms with E-state index in [1.807, 2.05) is 13.8 Å². The zero-order chi connectivity index (χ0) is 9.35. The molecule has 0 amide bonds. The molecule has 0 saturated carbocycles. The van der Waals surface area contributed by atoms with Crippen molar-refractivity contribution in [3.8, 4) is 0 Å². The molecule has 3 atom stereocenters. The summed E-state index contributed by atoms with van der Waals surface area (Å²) in [5.74, 6) is 0.0833. The quantitative estimate of drug-likeness (QED) is 0.642. The predicted molar refractivity (Wildman–Crippen MR) is 45.8 cm³/mol. The molecule has 0 aromatic heterocycles. The molecule has 1 heterocycles. The molecular weight excluding hydrogens is 156 g/mol. The standard InChI is InChI=1S/C9H18O3/c1-6(10)4-7-5-12-9(2,3)8(7)11/h6-8,10-11H,4-5H2,1-3H3. The van der Waals surface area contributed by atoms with E-state index in [4.69, 9.17) is 9.84 Å². The first kappa shape index (κ1) is 9.96. The Bertz CT molecular complexity index is 154. The topological polar surface area (TPSA) is 49.7 Å². The number of aliphatic hydroxyl groups excluding tert-OH is 2. The molecule has 0 radical (unpaired) electrons. The summed E-state index contributed by atoms with van der Waals surface area (Å²) in [5, 5.41) is 18.9. The summed E-state index contributed by atoms with van der Waals surface area (Å²) in [7, 11) is 0. The van der Waals surface area contributed by atoms with Gasteiger partial charge in [-0.05, 0) is 27.2 Å². The highest BCUT2D eigenvalue weighted by Crippen LogP contribution is 2.32. The smallest absolute Gasteiger partial charge is 0.0888 e. The lowest BCUT2D eigenvalue weighted by Crippen LogP contribution is -2.35. The van der Waals surface area contributed by atoms with E-state index in [0.29, 0.717) is 13.0 Å². The second-order valence-electron chi connectivity index (χ2n) is 4.20. The van der Waals surface area contributed by atoms with Crippen molar-refractivity contribution in [3.63, 3.8) is 0 Å². The molecule has 12 heavy (non-hydrogen) atoms. The van der Waals surface area contributed by atoms with Crippen LogP contribution in [0.1, 0.15) is 27.2 Å². The van der Waals surface area contributed by atoms with Gasteiger partial charge in [0, 0.05) is 5.92 Å². The van der Waals surface area contributed by atoms with Crippen molar-refractivity contribution < 1.29 is 14.9 Å². The first-order valence-electron chi connectivity index (χ1n) is 4.43. The highest BCUT2D eigenvalue weighted by atomic mass is 16.5. The molecule has 1 saturated heterocycles. The SMILES string of the molecule is CC(O)CC1COC(C)(C)C1O. The summed E-state index contributed by atoms with van der Waals surface area (Å²) in [5.41, 5.74) is -0.445. The van der Waals surface area contributed by atoms with Gasteiger partial charge in [0.25, 0.3) is 0 Å². The van der Waals surface area contributed by atoms with E-state index in [1.54, 1.807) is 6.92 Å². The third-order valence-electron chi connectivity index (χ3n) is 2.47. The molecule has 1 aliphatic rings. The average molecular weight is 174 g/mol. The molecule has 2 N–H and O–H groups in total. The Hall–Kier alpha value is -0.120. The summed E-state index contributed by atoms with van der Waals surface area (Å²) in [6.45, 7) is 6.04. The lowest BCUT2D eigenvalue weighted by atomic mass is 9.90. The Balaban J connectivity index is 2.50. The molecule has 0 aromatic carbocycles. The molecule has 0 spiro atoms. The van der Waals surface area contributed by atoms with Crippen LogP contribution >= 0.6 is 0 Å². The lowest BCUT2D eigenvalue weighted by molar-refractivity contribution is -0.0323. The van der Waals surface area contributed by atoms with Crippen LogP contribution in [0.5, 0.6) is 0 Å². The van der Waals surface area contributed by atoms with Crippen molar-refractivity contribution in [1.29, 1.82) is 0 Å². The zero-order valence-electron chi connectivity index (χ0n) is 7.95. The molecule has 1 fully saturated rings. The molecule has 3 nitrogen and oxygen atoms in total. The van der Waals surface area contributed by atoms with Crippen LogP contribution in [0.25, 0.3) is 0 Å². The van der Waals surface area contributed by atoms with Crippen LogP contribution in [0.2, 0.25) is 0 Å². The third kappa shape index (κ3) is 1.97. The van der Waals surface area contributed by atoms with Crippen molar-refractivity contribution in [1.82, 2.24) is 0 Å². The summed E-state index contributed by atoms with van der Waals surface area (Å²) in [6.07, 6.45) is -0.195. The Morgan fingerprint density at radius 3 is 2.50 bits per heavy atom. The van der Waals surface area contributed by atoms with Gasteiger partial charge in [0.15, 0.2) is 0 Å². The molecule has 3 heteroatoms. The Morgan fingerprint density at radius 2 is 2.17 bits per heavy atom. The third-order valence-corrected chi connectivity index (χ3v) is 2.47. The van der Waals surface area contributed by atoms with Gasteiger partial charge in [-0.25, -0.2) is 0 Å². The number of hydrogen-bond donors (Lipinski definition) is 2. The number of hydrogen-bond acceptors (Lipinski definition) is 3. The van der Waals surface area contributed by atoms with Crippen LogP contribution in [-0.2, 0) is 4.74 Å². The van der Waals surface area contributed by atoms with Gasteiger partial charge in [0.2, 0.25) is 0 Å². The van der Waals surface area contributed by atoms with Gasteiger partial charge in [-0.3, -0.25) is 0 Å². The van der Waals surface area contributed by atoms with E-state index in [2.05, 4.69) is 0 Å². The van der Waals surface area contributed by atoms with Gasteiger partial charge in [-0.2, -0.15) is 0 Å². The van der Waals surface area contributed by atoms with Gasteiger partial charge in [-0.15, -0.1) is 0 Å². The van der Waals surface area contributed by atoms with Crippen molar-refractivity contribution >= 4 is 0 Å². The minimum Gasteiger partial charge on any atom is -0.393 e. The van der Waals surface area contributed by atoms with E-state index < -0.39 is 11.7 Å². The van der Waals surface area contributed by atoms with Crippen molar-refractivity contribution in [2.75, 3.05) is 6.61 Å². The second-order valence-corrected chi connectivity index (χ2v) is 4.20. The summed E-state index contributed by atoms with van der Waals surface area (Å²) < 4.78 is 5.40. The molecule has 72 valence electrons. The van der Waals surface area contributed by atoms with Crippen LogP contribution in [0.15, 0.2) is 0 Å². The molecular formula is C9H18O3. The van der Waals surface area contributed by atoms with Crippen LogP contribution in [-0.4, -0.2) is 34.6 Å². The highest BCUT2D eigenvalue weighted by Gasteiger charge is 2.42. The zero-order valence-corrected chi connectivity index (χ0v) is 7.95. The maximum Gasteiger partial charge on any atom is 0.0888 e. The number of aliphatic hydroxyl groups is 2. The molecule has 1 rings (SSSR count). The Kier molecular flexibility index (Phi) is 2.76. The largest absolute Gasteiger partial charge is 0.393 e. The highest BCUT2D eigenvalue weighted by molar-refractivity contribution is 4.91. The summed E-state index contributed by atoms with van der Waals surface area (Å²) in [6, 6.07) is 0. The predicted octanol–water partition coefficient (Wildman–Crippen LogP) is 0.543. The number of ether oxygens (including phenoxy) is 1. The lowest BCUT2D eigenvalue weighted by Gasteiger charge is -2.23. The Morgan fingerprint density at radius 1 is 1.58 bits per heavy atom. The van der Waals surface area contributed by atoms with Crippen LogP contribution < -0.4 is 0 Å². The second kappa shape index (κ2) is 3.32. The minimum absolute atomic E-state index is 0.0833. The molecule has 3 unspecified atom stereocenters. The van der Waals surface area contributed by atoms with Crippen LogP contribution in [0.3, 0.4) is 0 Å². The summed E-state index contributed by atoms with van der Waals surface area (Å²) in [4.78, 5) is 0. The fraction of sp³-hybridized carbons (Fsp3) is 1.00. The van der Waals surface area contributed by atoms with E-state index in [9.17, 15) is 5.11 Å². The first-order valence-corrected chi connectivity index (χ1v) is 4.43. The Labute approximate surface area is 73.4 Å². The van der Waals surface area contributed by atoms with E-state index in [-0.39, 0.29) is 12.0 Å². The fourth-order valence-corrected chi connectivity index (χ4v) is 1.70. The fourth-order valence-electron chi connectivity index (χ4n) is 1.70. The van der Waals surface area contributed by atoms with Gasteiger partial charge >= 0.3 is 0 Å². The van der Waals surface area contributed by atoms with Gasteiger partial charge in [0.1, 0.15) is 0 Å². The normalized spacial score (nSPS) is 36.8. The van der Waals surface area contributed by atoms with Gasteiger partial charge in [-0.1, -0.05) is 0 Å². The average Bonchev–Trinajstić information content (AvgIpc) is 2.15. The van der Waals surface area contributed by atoms with Gasteiger partial charge < -0.3 is 14.9 Å². The van der Waals surface area contributed by atoms with E-state index in [1.165, 1.54) is 0 Å². The molecule has 1 aliphatic heterocycles. The first-order chi connectivity index (χ1) is 5.43. The molecule has 0 aromatic rings. The minimum atomic E-state index is -0.452. The molecule has 0 aliphatic carbocycles. The summed E-state index contributed by atoms with van der Waals surface area (Å²) >= 11 is 0. The maximum atomic E-state index is 9.73. The van der Waals surface area contributed by atoms with Crippen molar-refractivity contribution in [2.24, 2.45) is 5.92 Å².